The van der Waals surface area contributed by atoms with E-state index in [1.807, 2.05) is 0 Å². The van der Waals surface area contributed by atoms with Crippen LogP contribution in [0.2, 0.25) is 5.02 Å². The molecule has 2 aliphatic carbocycles. The van der Waals surface area contributed by atoms with Gasteiger partial charge in [0.1, 0.15) is 5.82 Å². The van der Waals surface area contributed by atoms with Crippen LogP contribution in [-0.4, -0.2) is 5.91 Å². The average Bonchev–Trinajstić information content (AvgIpc) is 2.95. The number of rotatable bonds is 3. The van der Waals surface area contributed by atoms with Crippen molar-refractivity contribution in [3.63, 3.8) is 0 Å². The minimum absolute atomic E-state index is 0.0845. The highest BCUT2D eigenvalue weighted by atomic mass is 35.5. The van der Waals surface area contributed by atoms with Crippen molar-refractivity contribution in [3.05, 3.63) is 29.0 Å². The van der Waals surface area contributed by atoms with Crippen molar-refractivity contribution in [3.8, 4) is 0 Å². The summed E-state index contributed by atoms with van der Waals surface area (Å²) in [6, 6.07) is 4.31. The van der Waals surface area contributed by atoms with E-state index in [1.165, 1.54) is 37.8 Å². The molecular weight excluding hydrogens is 265 g/mol. The van der Waals surface area contributed by atoms with Crippen LogP contribution in [0.25, 0.3) is 0 Å². The zero-order valence-electron chi connectivity index (χ0n) is 10.7. The number of carbonyl (C=O) groups is 1. The van der Waals surface area contributed by atoms with Gasteiger partial charge in [-0.25, -0.2) is 4.39 Å². The van der Waals surface area contributed by atoms with E-state index in [4.69, 9.17) is 11.6 Å². The van der Waals surface area contributed by atoms with Gasteiger partial charge in [0.05, 0.1) is 5.69 Å². The predicted molar refractivity (Wildman–Crippen MR) is 73.6 cm³/mol. The summed E-state index contributed by atoms with van der Waals surface area (Å²) in [5, 5.41) is 2.99. The van der Waals surface area contributed by atoms with Crippen LogP contribution in [-0.2, 0) is 4.79 Å². The zero-order chi connectivity index (χ0) is 13.4. The summed E-state index contributed by atoms with van der Waals surface area (Å²) >= 11 is 5.68. The fourth-order valence-electron chi connectivity index (χ4n) is 3.66. The molecule has 0 saturated heterocycles. The standard InChI is InChI=1S/C15H17ClFNO/c16-12-3-4-14(13(17)8-12)18-15(19)7-11-6-9-1-2-10(11)5-9/h3-4,8-11H,1-2,5-7H2,(H,18,19)/t9-,10+,11+/m0/s1. The zero-order valence-corrected chi connectivity index (χ0v) is 11.4. The number of hydrogen-bond acceptors (Lipinski definition) is 1. The van der Waals surface area contributed by atoms with E-state index in [0.29, 0.717) is 23.3 Å². The Balaban J connectivity index is 1.59. The molecule has 1 aromatic rings. The number of hydrogen-bond donors (Lipinski definition) is 1. The Morgan fingerprint density at radius 2 is 2.21 bits per heavy atom. The van der Waals surface area contributed by atoms with Gasteiger partial charge in [-0.05, 0) is 55.2 Å². The Bertz CT molecular complexity index is 505. The summed E-state index contributed by atoms with van der Waals surface area (Å²) in [5.41, 5.74) is 0.220. The maximum atomic E-state index is 13.6. The summed E-state index contributed by atoms with van der Waals surface area (Å²) in [6.45, 7) is 0. The molecule has 2 fully saturated rings. The average molecular weight is 282 g/mol. The van der Waals surface area contributed by atoms with Gasteiger partial charge in [-0.15, -0.1) is 0 Å². The van der Waals surface area contributed by atoms with Crippen LogP contribution in [0.15, 0.2) is 18.2 Å². The van der Waals surface area contributed by atoms with Crippen molar-refractivity contribution >= 4 is 23.2 Å². The van der Waals surface area contributed by atoms with E-state index in [9.17, 15) is 9.18 Å². The molecule has 0 heterocycles. The third kappa shape index (κ3) is 2.76. The Morgan fingerprint density at radius 1 is 1.37 bits per heavy atom. The lowest BCUT2D eigenvalue weighted by Gasteiger charge is -2.20. The molecule has 1 aromatic carbocycles. The molecule has 0 aromatic heterocycles. The monoisotopic (exact) mass is 281 g/mol. The predicted octanol–water partition coefficient (Wildman–Crippen LogP) is 4.24. The van der Waals surface area contributed by atoms with E-state index in [1.54, 1.807) is 6.07 Å². The molecule has 1 amide bonds. The van der Waals surface area contributed by atoms with Crippen molar-refractivity contribution in [1.29, 1.82) is 0 Å². The first-order chi connectivity index (χ1) is 9.11. The molecule has 3 rings (SSSR count). The van der Waals surface area contributed by atoms with Crippen LogP contribution in [0.3, 0.4) is 0 Å². The van der Waals surface area contributed by atoms with Gasteiger partial charge in [0, 0.05) is 11.4 Å². The number of amides is 1. The normalized spacial score (nSPS) is 28.6. The second-order valence-corrected chi connectivity index (χ2v) is 6.25. The molecule has 0 radical (unpaired) electrons. The molecule has 0 unspecified atom stereocenters. The second kappa shape index (κ2) is 5.12. The number of benzene rings is 1. The SMILES string of the molecule is O=C(C[C@H]1C[C@H]2CC[C@@H]1C2)Nc1ccc(Cl)cc1F. The number of nitrogens with one attached hydrogen (secondary N) is 1. The van der Waals surface area contributed by atoms with Gasteiger partial charge < -0.3 is 5.32 Å². The minimum Gasteiger partial charge on any atom is -0.324 e. The molecule has 102 valence electrons. The quantitative estimate of drug-likeness (QED) is 0.882. The van der Waals surface area contributed by atoms with Gasteiger partial charge in [-0.1, -0.05) is 18.0 Å². The Hall–Kier alpha value is -1.09. The third-order valence-corrected chi connectivity index (χ3v) is 4.77. The molecule has 2 saturated carbocycles. The highest BCUT2D eigenvalue weighted by Gasteiger charge is 2.40. The lowest BCUT2D eigenvalue weighted by atomic mass is 9.86. The van der Waals surface area contributed by atoms with Gasteiger partial charge in [-0.2, -0.15) is 0 Å². The Labute approximate surface area is 117 Å². The van der Waals surface area contributed by atoms with Crippen molar-refractivity contribution in [2.24, 2.45) is 17.8 Å². The van der Waals surface area contributed by atoms with Gasteiger partial charge >= 0.3 is 0 Å². The first-order valence-corrected chi connectivity index (χ1v) is 7.24. The summed E-state index contributed by atoms with van der Waals surface area (Å²) in [4.78, 5) is 12.0. The molecular formula is C15H17ClFNO. The van der Waals surface area contributed by atoms with Crippen LogP contribution in [0, 0.1) is 23.6 Å². The van der Waals surface area contributed by atoms with E-state index in [-0.39, 0.29) is 11.6 Å². The van der Waals surface area contributed by atoms with Crippen LogP contribution in [0.4, 0.5) is 10.1 Å². The molecule has 0 spiro atoms. The Morgan fingerprint density at radius 3 is 2.84 bits per heavy atom. The lowest BCUT2D eigenvalue weighted by molar-refractivity contribution is -0.117. The van der Waals surface area contributed by atoms with E-state index in [0.717, 1.165) is 5.92 Å². The number of fused-ring (bicyclic) bond motifs is 2. The first-order valence-electron chi connectivity index (χ1n) is 6.86. The van der Waals surface area contributed by atoms with Crippen molar-refractivity contribution in [1.82, 2.24) is 0 Å². The summed E-state index contributed by atoms with van der Waals surface area (Å²) in [5.74, 6) is 1.47. The van der Waals surface area contributed by atoms with Crippen LogP contribution in [0.1, 0.15) is 32.1 Å². The number of halogens is 2. The maximum Gasteiger partial charge on any atom is 0.224 e. The fraction of sp³-hybridized carbons (Fsp3) is 0.533. The van der Waals surface area contributed by atoms with Crippen LogP contribution in [0.5, 0.6) is 0 Å². The van der Waals surface area contributed by atoms with Crippen molar-refractivity contribution in [2.75, 3.05) is 5.32 Å². The molecule has 3 atom stereocenters. The van der Waals surface area contributed by atoms with Gasteiger partial charge in [0.2, 0.25) is 5.91 Å². The second-order valence-electron chi connectivity index (χ2n) is 5.81. The first kappa shape index (κ1) is 12.9. The fourth-order valence-corrected chi connectivity index (χ4v) is 3.82. The highest BCUT2D eigenvalue weighted by Crippen LogP contribution is 2.49. The van der Waals surface area contributed by atoms with Gasteiger partial charge in [0.25, 0.3) is 0 Å². The molecule has 1 N–H and O–H groups in total. The van der Waals surface area contributed by atoms with Crippen LogP contribution < -0.4 is 5.32 Å². The molecule has 2 bridgehead atoms. The molecule has 0 aliphatic heterocycles. The summed E-state index contributed by atoms with van der Waals surface area (Å²) < 4.78 is 13.6. The largest absolute Gasteiger partial charge is 0.324 e. The number of anilines is 1. The summed E-state index contributed by atoms with van der Waals surface area (Å²) in [7, 11) is 0. The van der Waals surface area contributed by atoms with Crippen LogP contribution >= 0.6 is 11.6 Å². The topological polar surface area (TPSA) is 29.1 Å². The Kier molecular flexibility index (Phi) is 3.48. The minimum atomic E-state index is -0.478. The maximum absolute atomic E-state index is 13.6. The van der Waals surface area contributed by atoms with Gasteiger partial charge in [-0.3, -0.25) is 4.79 Å². The molecule has 2 aliphatic rings. The van der Waals surface area contributed by atoms with E-state index in [2.05, 4.69) is 5.32 Å². The summed E-state index contributed by atoms with van der Waals surface area (Å²) in [6.07, 6.45) is 5.56. The highest BCUT2D eigenvalue weighted by molar-refractivity contribution is 6.30. The van der Waals surface area contributed by atoms with Crippen molar-refractivity contribution < 1.29 is 9.18 Å². The molecule has 19 heavy (non-hydrogen) atoms. The van der Waals surface area contributed by atoms with Crippen molar-refractivity contribution in [2.45, 2.75) is 32.1 Å². The smallest absolute Gasteiger partial charge is 0.224 e. The lowest BCUT2D eigenvalue weighted by Crippen LogP contribution is -2.20. The molecule has 4 heteroatoms. The van der Waals surface area contributed by atoms with Gasteiger partial charge in [0.15, 0.2) is 0 Å². The van der Waals surface area contributed by atoms with E-state index < -0.39 is 5.82 Å². The molecule has 2 nitrogen and oxygen atoms in total. The van der Waals surface area contributed by atoms with E-state index >= 15 is 0 Å². The number of carbonyl (C=O) groups excluding carboxylic acids is 1. The third-order valence-electron chi connectivity index (χ3n) is 4.54.